The zero-order valence-corrected chi connectivity index (χ0v) is 7.90. The Bertz CT molecular complexity index is 470. The Labute approximate surface area is 84.1 Å². The van der Waals surface area contributed by atoms with E-state index in [0.717, 1.165) is 0 Å². The molecule has 0 unspecified atom stereocenters. The Kier molecular flexibility index (Phi) is 2.10. The van der Waals surface area contributed by atoms with Crippen molar-refractivity contribution in [2.45, 2.75) is 0 Å². The van der Waals surface area contributed by atoms with E-state index in [9.17, 15) is 4.39 Å². The van der Waals surface area contributed by atoms with E-state index >= 15 is 0 Å². The molecular formula is C9H4Cl2FN. The molecule has 66 valence electrons. The molecule has 0 N–H and O–H groups in total. The van der Waals surface area contributed by atoms with E-state index in [4.69, 9.17) is 23.2 Å². The van der Waals surface area contributed by atoms with Gasteiger partial charge < -0.3 is 0 Å². The molecule has 0 aliphatic rings. The lowest BCUT2D eigenvalue weighted by atomic mass is 10.2. The SMILES string of the molecule is Fc1ccc2c(Cl)ncc(Cl)c2c1. The standard InChI is InChI=1S/C9H4Cl2FN/c10-8-4-13-9(11)6-2-1-5(12)3-7(6)8/h1-4H. The van der Waals surface area contributed by atoms with E-state index in [1.807, 2.05) is 0 Å². The summed E-state index contributed by atoms with van der Waals surface area (Å²) in [7, 11) is 0. The molecule has 0 spiro atoms. The molecule has 13 heavy (non-hydrogen) atoms. The summed E-state index contributed by atoms with van der Waals surface area (Å²) in [6.07, 6.45) is 1.41. The molecule has 0 atom stereocenters. The van der Waals surface area contributed by atoms with Crippen LogP contribution in [-0.4, -0.2) is 4.98 Å². The first kappa shape index (κ1) is 8.73. The van der Waals surface area contributed by atoms with Crippen molar-refractivity contribution in [3.63, 3.8) is 0 Å². The quantitative estimate of drug-likeness (QED) is 0.612. The molecule has 0 aliphatic carbocycles. The van der Waals surface area contributed by atoms with Crippen molar-refractivity contribution >= 4 is 34.0 Å². The number of hydrogen-bond acceptors (Lipinski definition) is 1. The first-order chi connectivity index (χ1) is 6.18. The van der Waals surface area contributed by atoms with Crippen LogP contribution in [0.5, 0.6) is 0 Å². The van der Waals surface area contributed by atoms with Gasteiger partial charge in [0.25, 0.3) is 0 Å². The summed E-state index contributed by atoms with van der Waals surface area (Å²) in [6, 6.07) is 4.23. The van der Waals surface area contributed by atoms with E-state index < -0.39 is 0 Å². The number of pyridine rings is 1. The minimum atomic E-state index is -0.336. The average Bonchev–Trinajstić information content (AvgIpc) is 2.12. The topological polar surface area (TPSA) is 12.9 Å². The van der Waals surface area contributed by atoms with Gasteiger partial charge in [-0.3, -0.25) is 0 Å². The fourth-order valence-corrected chi connectivity index (χ4v) is 1.57. The minimum absolute atomic E-state index is 0.333. The maximum absolute atomic E-state index is 12.8. The summed E-state index contributed by atoms with van der Waals surface area (Å²) >= 11 is 11.6. The predicted octanol–water partition coefficient (Wildman–Crippen LogP) is 3.68. The van der Waals surface area contributed by atoms with Crippen LogP contribution in [0.15, 0.2) is 24.4 Å². The van der Waals surface area contributed by atoms with Crippen LogP contribution >= 0.6 is 23.2 Å². The maximum Gasteiger partial charge on any atom is 0.136 e. The Morgan fingerprint density at radius 2 is 1.92 bits per heavy atom. The van der Waals surface area contributed by atoms with Gasteiger partial charge in [0.15, 0.2) is 0 Å². The van der Waals surface area contributed by atoms with Gasteiger partial charge in [-0.05, 0) is 18.2 Å². The fraction of sp³-hybridized carbons (Fsp3) is 0. The third-order valence-corrected chi connectivity index (χ3v) is 2.35. The Hall–Kier alpha value is -0.860. The van der Waals surface area contributed by atoms with Gasteiger partial charge >= 0.3 is 0 Å². The van der Waals surface area contributed by atoms with Crippen molar-refractivity contribution in [2.24, 2.45) is 0 Å². The molecule has 0 amide bonds. The summed E-state index contributed by atoms with van der Waals surface area (Å²) in [4.78, 5) is 3.85. The van der Waals surface area contributed by atoms with Gasteiger partial charge in [0.05, 0.1) is 5.02 Å². The van der Waals surface area contributed by atoms with E-state index in [-0.39, 0.29) is 5.82 Å². The number of benzene rings is 1. The van der Waals surface area contributed by atoms with Crippen LogP contribution < -0.4 is 0 Å². The van der Waals surface area contributed by atoms with Crippen LogP contribution in [0.2, 0.25) is 10.2 Å². The molecule has 1 heterocycles. The van der Waals surface area contributed by atoms with Gasteiger partial charge in [0.2, 0.25) is 0 Å². The average molecular weight is 216 g/mol. The van der Waals surface area contributed by atoms with Gasteiger partial charge in [-0.25, -0.2) is 9.37 Å². The highest BCUT2D eigenvalue weighted by molar-refractivity contribution is 6.39. The zero-order valence-electron chi connectivity index (χ0n) is 6.39. The summed E-state index contributed by atoms with van der Waals surface area (Å²) < 4.78 is 12.8. The highest BCUT2D eigenvalue weighted by Crippen LogP contribution is 2.27. The molecule has 0 radical (unpaired) electrons. The molecule has 2 aromatic rings. The third-order valence-electron chi connectivity index (χ3n) is 1.75. The number of rotatable bonds is 0. The molecule has 1 aromatic heterocycles. The minimum Gasteiger partial charge on any atom is -0.242 e. The molecule has 0 saturated heterocycles. The molecule has 2 rings (SSSR count). The summed E-state index contributed by atoms with van der Waals surface area (Å²) in [6.45, 7) is 0. The fourth-order valence-electron chi connectivity index (χ4n) is 1.15. The smallest absolute Gasteiger partial charge is 0.136 e. The second kappa shape index (κ2) is 3.13. The van der Waals surface area contributed by atoms with Crippen LogP contribution in [0, 0.1) is 5.82 Å². The number of fused-ring (bicyclic) bond motifs is 1. The normalized spacial score (nSPS) is 10.7. The van der Waals surface area contributed by atoms with E-state index in [1.54, 1.807) is 6.07 Å². The van der Waals surface area contributed by atoms with Crippen molar-refractivity contribution in [3.8, 4) is 0 Å². The van der Waals surface area contributed by atoms with Crippen molar-refractivity contribution < 1.29 is 4.39 Å². The van der Waals surface area contributed by atoms with Crippen LogP contribution in [0.25, 0.3) is 10.8 Å². The first-order valence-electron chi connectivity index (χ1n) is 3.58. The van der Waals surface area contributed by atoms with Gasteiger partial charge in [0, 0.05) is 17.0 Å². The van der Waals surface area contributed by atoms with Crippen LogP contribution in [0.4, 0.5) is 4.39 Å². The third kappa shape index (κ3) is 1.47. The lowest BCUT2D eigenvalue weighted by Crippen LogP contribution is -1.82. The van der Waals surface area contributed by atoms with Crippen molar-refractivity contribution in [1.82, 2.24) is 4.98 Å². The number of halogens is 3. The second-order valence-corrected chi connectivity index (χ2v) is 3.35. The molecule has 4 heteroatoms. The number of aromatic nitrogens is 1. The van der Waals surface area contributed by atoms with Gasteiger partial charge in [-0.15, -0.1) is 0 Å². The lowest BCUT2D eigenvalue weighted by Gasteiger charge is -2.01. The Morgan fingerprint density at radius 3 is 2.69 bits per heavy atom. The summed E-state index contributed by atoms with van der Waals surface area (Å²) in [5, 5.41) is 1.98. The van der Waals surface area contributed by atoms with Crippen LogP contribution in [0.3, 0.4) is 0 Å². The monoisotopic (exact) mass is 215 g/mol. The lowest BCUT2D eigenvalue weighted by molar-refractivity contribution is 0.629. The molecule has 1 aromatic carbocycles. The zero-order chi connectivity index (χ0) is 9.42. The first-order valence-corrected chi connectivity index (χ1v) is 4.33. The molecule has 0 fully saturated rings. The number of nitrogens with zero attached hydrogens (tertiary/aromatic N) is 1. The largest absolute Gasteiger partial charge is 0.242 e. The highest BCUT2D eigenvalue weighted by atomic mass is 35.5. The molecule has 0 bridgehead atoms. The van der Waals surface area contributed by atoms with Crippen molar-refractivity contribution in [2.75, 3.05) is 0 Å². The van der Waals surface area contributed by atoms with E-state index in [1.165, 1.54) is 18.3 Å². The van der Waals surface area contributed by atoms with E-state index in [0.29, 0.717) is 20.9 Å². The Morgan fingerprint density at radius 1 is 1.15 bits per heavy atom. The van der Waals surface area contributed by atoms with Gasteiger partial charge in [0.1, 0.15) is 11.0 Å². The van der Waals surface area contributed by atoms with Crippen LogP contribution in [0.1, 0.15) is 0 Å². The van der Waals surface area contributed by atoms with Crippen LogP contribution in [-0.2, 0) is 0 Å². The summed E-state index contributed by atoms with van der Waals surface area (Å²) in [5.74, 6) is -0.336. The molecule has 0 aliphatic heterocycles. The molecular weight excluding hydrogens is 212 g/mol. The Balaban J connectivity index is 2.92. The second-order valence-electron chi connectivity index (χ2n) is 2.59. The maximum atomic E-state index is 12.8. The molecule has 1 nitrogen and oxygen atoms in total. The number of hydrogen-bond donors (Lipinski definition) is 0. The predicted molar refractivity (Wildman–Crippen MR) is 51.7 cm³/mol. The van der Waals surface area contributed by atoms with Gasteiger partial charge in [-0.2, -0.15) is 0 Å². The van der Waals surface area contributed by atoms with Crippen molar-refractivity contribution in [1.29, 1.82) is 0 Å². The summed E-state index contributed by atoms with van der Waals surface area (Å²) in [5.41, 5.74) is 0. The van der Waals surface area contributed by atoms with Crippen molar-refractivity contribution in [3.05, 3.63) is 40.4 Å². The van der Waals surface area contributed by atoms with E-state index in [2.05, 4.69) is 4.98 Å². The molecule has 0 saturated carbocycles. The van der Waals surface area contributed by atoms with Gasteiger partial charge in [-0.1, -0.05) is 23.2 Å². The highest BCUT2D eigenvalue weighted by Gasteiger charge is 2.04.